The first kappa shape index (κ1) is 14.5. The van der Waals surface area contributed by atoms with E-state index in [-0.39, 0.29) is 11.2 Å². The van der Waals surface area contributed by atoms with Crippen LogP contribution >= 0.6 is 0 Å². The van der Waals surface area contributed by atoms with E-state index in [1.807, 2.05) is 19.2 Å². The molecule has 2 N–H and O–H groups in total. The maximum absolute atomic E-state index is 13.8. The van der Waals surface area contributed by atoms with Gasteiger partial charge in [0.15, 0.2) is 0 Å². The number of rotatable bonds is 7. The van der Waals surface area contributed by atoms with E-state index in [2.05, 4.69) is 24.5 Å². The highest BCUT2D eigenvalue weighted by Crippen LogP contribution is 2.44. The summed E-state index contributed by atoms with van der Waals surface area (Å²) >= 11 is 0. The summed E-state index contributed by atoms with van der Waals surface area (Å²) in [7, 11) is 2.00. The predicted octanol–water partition coefficient (Wildman–Crippen LogP) is 2.69. The Hall–Kier alpha value is -0.930. The third-order valence-corrected chi connectivity index (χ3v) is 4.18. The molecule has 1 fully saturated rings. The van der Waals surface area contributed by atoms with Crippen molar-refractivity contribution >= 4 is 0 Å². The molecule has 1 aromatic carbocycles. The lowest BCUT2D eigenvalue weighted by atomic mass is 9.84. The molecule has 0 amide bonds. The Bertz CT molecular complexity index is 425. The van der Waals surface area contributed by atoms with Crippen LogP contribution < -0.4 is 10.6 Å². The zero-order valence-corrected chi connectivity index (χ0v) is 12.2. The van der Waals surface area contributed by atoms with E-state index in [1.165, 1.54) is 12.8 Å². The van der Waals surface area contributed by atoms with Crippen LogP contribution in [0.5, 0.6) is 0 Å². The quantitative estimate of drug-likeness (QED) is 0.791. The summed E-state index contributed by atoms with van der Waals surface area (Å²) in [6.45, 7) is 7.08. The number of hydrogen-bond donors (Lipinski definition) is 2. The Balaban J connectivity index is 1.90. The minimum absolute atomic E-state index is 0.106. The van der Waals surface area contributed by atoms with Crippen LogP contribution in [0.1, 0.15) is 32.3 Å². The summed E-state index contributed by atoms with van der Waals surface area (Å²) in [5, 5.41) is 6.79. The van der Waals surface area contributed by atoms with Gasteiger partial charge in [-0.05, 0) is 36.9 Å². The minimum Gasteiger partial charge on any atom is -0.319 e. The second kappa shape index (κ2) is 5.59. The van der Waals surface area contributed by atoms with Crippen molar-refractivity contribution in [3.63, 3.8) is 0 Å². The van der Waals surface area contributed by atoms with Gasteiger partial charge >= 0.3 is 0 Å². The van der Waals surface area contributed by atoms with E-state index < -0.39 is 0 Å². The molecule has 0 saturated heterocycles. The molecule has 0 aromatic heterocycles. The summed E-state index contributed by atoms with van der Waals surface area (Å²) in [6, 6.07) is 7.08. The molecular weight excluding hydrogens is 239 g/mol. The van der Waals surface area contributed by atoms with Gasteiger partial charge in [0.05, 0.1) is 0 Å². The van der Waals surface area contributed by atoms with Crippen molar-refractivity contribution < 1.29 is 4.39 Å². The fourth-order valence-corrected chi connectivity index (χ4v) is 2.71. The minimum atomic E-state index is -0.179. The smallest absolute Gasteiger partial charge is 0.126 e. The van der Waals surface area contributed by atoms with Gasteiger partial charge in [0, 0.05) is 25.0 Å². The fourth-order valence-electron chi connectivity index (χ4n) is 2.71. The van der Waals surface area contributed by atoms with Crippen molar-refractivity contribution in [1.29, 1.82) is 0 Å². The van der Waals surface area contributed by atoms with Crippen LogP contribution in [-0.4, -0.2) is 26.7 Å². The maximum Gasteiger partial charge on any atom is 0.126 e. The number of nitrogens with one attached hydrogen (secondary N) is 2. The van der Waals surface area contributed by atoms with Crippen LogP contribution in [0.4, 0.5) is 4.39 Å². The average molecular weight is 264 g/mol. The van der Waals surface area contributed by atoms with Gasteiger partial charge in [-0.25, -0.2) is 4.39 Å². The zero-order valence-electron chi connectivity index (χ0n) is 12.2. The van der Waals surface area contributed by atoms with E-state index in [0.29, 0.717) is 5.41 Å². The molecule has 1 saturated carbocycles. The standard InChI is InChI=1S/C16H25FN2/c1-15(2,13-6-4-5-7-14(13)17)10-19-12-16(8-9-16)11-18-3/h4-7,18-19H,8-12H2,1-3H3. The summed E-state index contributed by atoms with van der Waals surface area (Å²) in [4.78, 5) is 0. The molecule has 0 heterocycles. The molecule has 0 radical (unpaired) electrons. The van der Waals surface area contributed by atoms with Crippen molar-refractivity contribution in [3.05, 3.63) is 35.6 Å². The lowest BCUT2D eigenvalue weighted by molar-refractivity contribution is 0.388. The first-order valence-corrected chi connectivity index (χ1v) is 7.09. The monoisotopic (exact) mass is 264 g/mol. The molecule has 3 heteroatoms. The Labute approximate surface area is 115 Å². The molecule has 0 spiro atoms. The molecule has 106 valence electrons. The summed E-state index contributed by atoms with van der Waals surface area (Å²) in [6.07, 6.45) is 2.59. The van der Waals surface area contributed by atoms with Crippen molar-refractivity contribution in [2.24, 2.45) is 5.41 Å². The molecule has 0 bridgehead atoms. The largest absolute Gasteiger partial charge is 0.319 e. The maximum atomic E-state index is 13.8. The van der Waals surface area contributed by atoms with E-state index in [1.54, 1.807) is 12.1 Å². The van der Waals surface area contributed by atoms with Crippen LogP contribution in [0, 0.1) is 11.2 Å². The molecule has 1 aliphatic carbocycles. The van der Waals surface area contributed by atoms with Crippen molar-refractivity contribution in [3.8, 4) is 0 Å². The van der Waals surface area contributed by atoms with Gasteiger partial charge in [-0.3, -0.25) is 0 Å². The molecule has 2 nitrogen and oxygen atoms in total. The normalized spacial score (nSPS) is 17.5. The van der Waals surface area contributed by atoms with Gasteiger partial charge in [0.1, 0.15) is 5.82 Å². The molecule has 0 unspecified atom stereocenters. The SMILES string of the molecule is CNCC1(CNCC(C)(C)c2ccccc2F)CC1. The lowest BCUT2D eigenvalue weighted by Crippen LogP contribution is -2.38. The van der Waals surface area contributed by atoms with Gasteiger partial charge in [0.25, 0.3) is 0 Å². The van der Waals surface area contributed by atoms with Gasteiger partial charge in [-0.15, -0.1) is 0 Å². The lowest BCUT2D eigenvalue weighted by Gasteiger charge is -2.27. The van der Waals surface area contributed by atoms with Crippen LogP contribution in [0.2, 0.25) is 0 Å². The second-order valence-electron chi connectivity index (χ2n) is 6.50. The van der Waals surface area contributed by atoms with Gasteiger partial charge in [-0.2, -0.15) is 0 Å². The third kappa shape index (κ3) is 3.54. The molecule has 0 atom stereocenters. The van der Waals surface area contributed by atoms with Crippen molar-refractivity contribution in [2.45, 2.75) is 32.1 Å². The van der Waals surface area contributed by atoms with E-state index in [0.717, 1.165) is 25.2 Å². The predicted molar refractivity (Wildman–Crippen MR) is 77.9 cm³/mol. The third-order valence-electron chi connectivity index (χ3n) is 4.18. The van der Waals surface area contributed by atoms with Crippen LogP contribution in [0.15, 0.2) is 24.3 Å². The first-order chi connectivity index (χ1) is 8.99. The first-order valence-electron chi connectivity index (χ1n) is 7.09. The van der Waals surface area contributed by atoms with Crippen LogP contribution in [0.3, 0.4) is 0 Å². The molecule has 1 aromatic rings. The van der Waals surface area contributed by atoms with Gasteiger partial charge in [0.2, 0.25) is 0 Å². The summed E-state index contributed by atoms with van der Waals surface area (Å²) in [5.74, 6) is -0.106. The Morgan fingerprint density at radius 2 is 1.89 bits per heavy atom. The van der Waals surface area contributed by atoms with Crippen LogP contribution in [0.25, 0.3) is 0 Å². The molecule has 1 aliphatic rings. The fraction of sp³-hybridized carbons (Fsp3) is 0.625. The highest BCUT2D eigenvalue weighted by atomic mass is 19.1. The number of benzene rings is 1. The molecule has 2 rings (SSSR count). The molecule has 0 aliphatic heterocycles. The number of hydrogen-bond acceptors (Lipinski definition) is 2. The number of halogens is 1. The van der Waals surface area contributed by atoms with Gasteiger partial charge in [-0.1, -0.05) is 32.0 Å². The highest BCUT2D eigenvalue weighted by Gasteiger charge is 2.41. The highest BCUT2D eigenvalue weighted by molar-refractivity contribution is 5.25. The Kier molecular flexibility index (Phi) is 4.26. The summed E-state index contributed by atoms with van der Waals surface area (Å²) < 4.78 is 13.8. The molecule has 19 heavy (non-hydrogen) atoms. The average Bonchev–Trinajstić information content (AvgIpc) is 3.09. The van der Waals surface area contributed by atoms with E-state index in [4.69, 9.17) is 0 Å². The van der Waals surface area contributed by atoms with Crippen molar-refractivity contribution in [2.75, 3.05) is 26.7 Å². The topological polar surface area (TPSA) is 24.1 Å². The molecular formula is C16H25FN2. The Morgan fingerprint density at radius 3 is 2.47 bits per heavy atom. The van der Waals surface area contributed by atoms with Gasteiger partial charge < -0.3 is 10.6 Å². The zero-order chi connectivity index (χ0) is 13.9. The van der Waals surface area contributed by atoms with Crippen LogP contribution in [-0.2, 0) is 5.41 Å². The summed E-state index contributed by atoms with van der Waals surface area (Å²) in [5.41, 5.74) is 1.06. The van der Waals surface area contributed by atoms with E-state index in [9.17, 15) is 4.39 Å². The Morgan fingerprint density at radius 1 is 1.21 bits per heavy atom. The van der Waals surface area contributed by atoms with Crippen molar-refractivity contribution in [1.82, 2.24) is 10.6 Å². The second-order valence-corrected chi connectivity index (χ2v) is 6.50. The van der Waals surface area contributed by atoms with E-state index >= 15 is 0 Å².